The van der Waals surface area contributed by atoms with E-state index in [2.05, 4.69) is 23.6 Å². The molecule has 2 aromatic carbocycles. The Bertz CT molecular complexity index is 1200. The second kappa shape index (κ2) is 9.81. The molecule has 3 aliphatic rings. The van der Waals surface area contributed by atoms with Crippen LogP contribution in [0, 0.1) is 11.8 Å². The van der Waals surface area contributed by atoms with E-state index in [9.17, 15) is 14.7 Å². The summed E-state index contributed by atoms with van der Waals surface area (Å²) in [6, 6.07) is 11.3. The maximum Gasteiger partial charge on any atom is 0.335 e. The number of ether oxygens (including phenoxy) is 2. The zero-order chi connectivity index (χ0) is 25.4. The molecular formula is C29H32ClNO5. The van der Waals surface area contributed by atoms with Gasteiger partial charge in [0.2, 0.25) is 0 Å². The molecule has 190 valence electrons. The average Bonchev–Trinajstić information content (AvgIpc) is 2.98. The smallest absolute Gasteiger partial charge is 0.335 e. The molecule has 0 aromatic heterocycles. The lowest BCUT2D eigenvalue weighted by atomic mass is 9.68. The fraction of sp³-hybridized carbons (Fsp3) is 0.448. The number of benzene rings is 2. The van der Waals surface area contributed by atoms with Gasteiger partial charge in [0.05, 0.1) is 17.9 Å². The van der Waals surface area contributed by atoms with Crippen molar-refractivity contribution in [3.8, 4) is 5.75 Å². The Morgan fingerprint density at radius 2 is 2.14 bits per heavy atom. The second-order valence-electron chi connectivity index (χ2n) is 10.4. The Morgan fingerprint density at radius 3 is 2.83 bits per heavy atom. The molecule has 1 spiro atoms. The minimum absolute atomic E-state index is 0.190. The molecule has 0 saturated heterocycles. The third-order valence-electron chi connectivity index (χ3n) is 8.17. The van der Waals surface area contributed by atoms with Gasteiger partial charge in [-0.05, 0) is 79.5 Å². The van der Waals surface area contributed by atoms with Crippen LogP contribution in [-0.2, 0) is 21.4 Å². The number of nitrogens with zero attached hydrogens (tertiary/aromatic N) is 1. The quantitative estimate of drug-likeness (QED) is 0.400. The SMILES string of the molecule is C=C[C@H](OC(C)=O)[C@@H]1CC[C@H]1CN1C[C@@]2(CCCc3cc(Cl)ccc32)COc2ccc(C(=O)O)cc21. The summed E-state index contributed by atoms with van der Waals surface area (Å²) in [5.41, 5.74) is 3.35. The van der Waals surface area contributed by atoms with Crippen LogP contribution in [0.3, 0.4) is 0 Å². The first-order valence-electron chi connectivity index (χ1n) is 12.6. The van der Waals surface area contributed by atoms with Gasteiger partial charge in [-0.2, -0.15) is 0 Å². The van der Waals surface area contributed by atoms with Crippen molar-refractivity contribution < 1.29 is 24.2 Å². The normalized spacial score (nSPS) is 25.4. The first-order valence-corrected chi connectivity index (χ1v) is 13.0. The van der Waals surface area contributed by atoms with Crippen molar-refractivity contribution in [1.82, 2.24) is 0 Å². The predicted molar refractivity (Wildman–Crippen MR) is 139 cm³/mol. The lowest BCUT2D eigenvalue weighted by Gasteiger charge is -2.45. The van der Waals surface area contributed by atoms with Gasteiger partial charge >= 0.3 is 11.9 Å². The molecule has 1 aliphatic heterocycles. The summed E-state index contributed by atoms with van der Waals surface area (Å²) in [7, 11) is 0. The van der Waals surface area contributed by atoms with Gasteiger partial charge in [-0.25, -0.2) is 4.79 Å². The van der Waals surface area contributed by atoms with E-state index in [0.717, 1.165) is 49.4 Å². The third-order valence-corrected chi connectivity index (χ3v) is 8.41. The number of anilines is 1. The zero-order valence-electron chi connectivity index (χ0n) is 20.5. The molecule has 0 bridgehead atoms. The van der Waals surface area contributed by atoms with Crippen molar-refractivity contribution in [2.75, 3.05) is 24.6 Å². The second-order valence-corrected chi connectivity index (χ2v) is 10.8. The van der Waals surface area contributed by atoms with Crippen LogP contribution in [0.1, 0.15) is 54.1 Å². The van der Waals surface area contributed by atoms with Gasteiger partial charge in [-0.1, -0.05) is 30.3 Å². The van der Waals surface area contributed by atoms with E-state index in [1.807, 2.05) is 6.07 Å². The minimum atomic E-state index is -0.961. The lowest BCUT2D eigenvalue weighted by Crippen LogP contribution is -2.49. The molecular weight excluding hydrogens is 478 g/mol. The lowest BCUT2D eigenvalue weighted by molar-refractivity contribution is -0.149. The number of carbonyl (C=O) groups is 2. The molecule has 2 aliphatic carbocycles. The number of aromatic carboxylic acids is 1. The Kier molecular flexibility index (Phi) is 6.73. The number of halogens is 1. The van der Waals surface area contributed by atoms with Crippen LogP contribution >= 0.6 is 11.6 Å². The van der Waals surface area contributed by atoms with E-state index in [0.29, 0.717) is 18.9 Å². The van der Waals surface area contributed by atoms with Gasteiger partial charge in [0.1, 0.15) is 11.9 Å². The fourth-order valence-electron chi connectivity index (χ4n) is 6.29. The average molecular weight is 510 g/mol. The number of fused-ring (bicyclic) bond motifs is 3. The predicted octanol–water partition coefficient (Wildman–Crippen LogP) is 5.66. The molecule has 36 heavy (non-hydrogen) atoms. The van der Waals surface area contributed by atoms with Crippen molar-refractivity contribution in [2.24, 2.45) is 11.8 Å². The van der Waals surface area contributed by atoms with Crippen LogP contribution in [0.25, 0.3) is 0 Å². The minimum Gasteiger partial charge on any atom is -0.490 e. The van der Waals surface area contributed by atoms with Crippen molar-refractivity contribution in [2.45, 2.75) is 50.5 Å². The van der Waals surface area contributed by atoms with E-state index < -0.39 is 5.97 Å². The van der Waals surface area contributed by atoms with Crippen molar-refractivity contribution in [3.63, 3.8) is 0 Å². The molecule has 0 amide bonds. The number of rotatable bonds is 6. The van der Waals surface area contributed by atoms with E-state index in [1.165, 1.54) is 18.1 Å². The number of carboxylic acid groups (broad SMARTS) is 1. The Labute approximate surface area is 216 Å². The maximum atomic E-state index is 11.8. The summed E-state index contributed by atoms with van der Waals surface area (Å²) in [5, 5.41) is 10.4. The highest BCUT2D eigenvalue weighted by Crippen LogP contribution is 2.46. The summed E-state index contributed by atoms with van der Waals surface area (Å²) in [4.78, 5) is 25.8. The molecule has 6 nitrogen and oxygen atoms in total. The van der Waals surface area contributed by atoms with Gasteiger partial charge in [0, 0.05) is 36.4 Å². The van der Waals surface area contributed by atoms with Gasteiger partial charge in [-0.3, -0.25) is 4.79 Å². The number of hydrogen-bond donors (Lipinski definition) is 1. The Morgan fingerprint density at radius 1 is 1.31 bits per heavy atom. The maximum absolute atomic E-state index is 11.8. The third kappa shape index (κ3) is 4.59. The van der Waals surface area contributed by atoms with Crippen LogP contribution in [0.15, 0.2) is 49.1 Å². The van der Waals surface area contributed by atoms with Gasteiger partial charge in [0.15, 0.2) is 0 Å². The molecule has 0 radical (unpaired) electrons. The standard InChI is InChI=1S/C29H32ClNO5/c1-3-26(36-18(2)32)23-9-6-21(23)15-31-16-29(12-4-5-19-13-22(30)8-10-24(19)29)17-35-27-11-7-20(28(33)34)14-25(27)31/h3,7-8,10-11,13-14,21,23,26H,1,4-6,9,12,15-17H2,2H3,(H,33,34)/t21-,23+,26-,29-/m0/s1. The number of esters is 1. The van der Waals surface area contributed by atoms with Crippen LogP contribution in [0.2, 0.25) is 5.02 Å². The van der Waals surface area contributed by atoms with E-state index >= 15 is 0 Å². The summed E-state index contributed by atoms with van der Waals surface area (Å²) >= 11 is 6.33. The largest absolute Gasteiger partial charge is 0.490 e. The first kappa shape index (κ1) is 24.7. The first-order chi connectivity index (χ1) is 17.3. The fourth-order valence-corrected chi connectivity index (χ4v) is 6.48. The molecule has 1 heterocycles. The zero-order valence-corrected chi connectivity index (χ0v) is 21.3. The van der Waals surface area contributed by atoms with Gasteiger partial charge < -0.3 is 19.5 Å². The molecule has 0 unspecified atom stereocenters. The Balaban J connectivity index is 1.51. The summed E-state index contributed by atoms with van der Waals surface area (Å²) in [6.07, 6.45) is 6.40. The number of hydrogen-bond acceptors (Lipinski definition) is 5. The van der Waals surface area contributed by atoms with E-state index in [4.69, 9.17) is 21.1 Å². The van der Waals surface area contributed by atoms with E-state index in [1.54, 1.807) is 24.3 Å². The number of aryl methyl sites for hydroxylation is 1. The van der Waals surface area contributed by atoms with Crippen LogP contribution < -0.4 is 9.64 Å². The molecule has 5 rings (SSSR count). The highest BCUT2D eigenvalue weighted by Gasteiger charge is 2.44. The summed E-state index contributed by atoms with van der Waals surface area (Å²) < 4.78 is 12.0. The van der Waals surface area contributed by atoms with E-state index in [-0.39, 0.29) is 34.9 Å². The monoisotopic (exact) mass is 509 g/mol. The number of carbonyl (C=O) groups excluding carboxylic acids is 1. The van der Waals surface area contributed by atoms with Crippen LogP contribution in [0.4, 0.5) is 5.69 Å². The highest BCUT2D eigenvalue weighted by molar-refractivity contribution is 6.30. The number of carboxylic acids is 1. The van der Waals surface area contributed by atoms with Crippen LogP contribution in [0.5, 0.6) is 5.75 Å². The highest BCUT2D eigenvalue weighted by atomic mass is 35.5. The topological polar surface area (TPSA) is 76.1 Å². The van der Waals surface area contributed by atoms with Gasteiger partial charge in [0.25, 0.3) is 0 Å². The van der Waals surface area contributed by atoms with Gasteiger partial charge in [-0.15, -0.1) is 0 Å². The molecule has 1 saturated carbocycles. The summed E-state index contributed by atoms with van der Waals surface area (Å²) in [6.45, 7) is 7.28. The molecule has 1 fully saturated rings. The molecule has 7 heteroatoms. The Hall–Kier alpha value is -2.99. The van der Waals surface area contributed by atoms with Crippen molar-refractivity contribution >= 4 is 29.2 Å². The van der Waals surface area contributed by atoms with Crippen LogP contribution in [-0.4, -0.2) is 42.8 Å². The molecule has 2 aromatic rings. The van der Waals surface area contributed by atoms with Crippen molar-refractivity contribution in [1.29, 1.82) is 0 Å². The summed E-state index contributed by atoms with van der Waals surface area (Å²) in [5.74, 6) is -0.0830. The van der Waals surface area contributed by atoms with Crippen molar-refractivity contribution in [3.05, 3.63) is 70.8 Å². The molecule has 4 atom stereocenters. The molecule has 1 N–H and O–H groups in total.